The number of nitrogens with two attached hydrogens (primary N) is 1. The van der Waals surface area contributed by atoms with Crippen molar-refractivity contribution in [1.82, 2.24) is 5.32 Å². The molecule has 0 bridgehead atoms. The Balaban J connectivity index is 0.00000242. The van der Waals surface area contributed by atoms with Crippen LogP contribution in [0.5, 0.6) is 5.75 Å². The van der Waals surface area contributed by atoms with Gasteiger partial charge in [-0.05, 0) is 43.9 Å². The number of carbonyl (C=O) groups is 1. The smallest absolute Gasteiger partial charge is 0.223 e. The second-order valence-electron chi connectivity index (χ2n) is 5.89. The minimum absolute atomic E-state index is 0. The van der Waals surface area contributed by atoms with Gasteiger partial charge >= 0.3 is 0 Å². The first-order valence-electron chi connectivity index (χ1n) is 7.89. The van der Waals surface area contributed by atoms with Crippen LogP contribution in [0.1, 0.15) is 32.6 Å². The van der Waals surface area contributed by atoms with Crippen LogP contribution in [-0.4, -0.2) is 25.1 Å². The van der Waals surface area contributed by atoms with E-state index in [0.717, 1.165) is 31.4 Å². The molecule has 3 atom stereocenters. The summed E-state index contributed by atoms with van der Waals surface area (Å²) in [4.78, 5) is 12.2. The third-order valence-electron chi connectivity index (χ3n) is 4.30. The van der Waals surface area contributed by atoms with E-state index < -0.39 is 0 Å². The standard InChI is InChI=1S/C17H26N2O2.ClH/c1-13(10-11-21-15-7-3-2-4-8-15)17(20)19-16-9-5-6-14(16)12-18;/h2-4,7-8,13-14,16H,5-6,9-12,18H2,1H3,(H,19,20);1H. The number of carbonyl (C=O) groups excluding carboxylic acids is 1. The van der Waals surface area contributed by atoms with Gasteiger partial charge in [-0.3, -0.25) is 4.79 Å². The molecule has 1 aromatic carbocycles. The average Bonchev–Trinajstić information content (AvgIpc) is 2.95. The van der Waals surface area contributed by atoms with Gasteiger partial charge in [-0.2, -0.15) is 0 Å². The molecule has 3 unspecified atom stereocenters. The van der Waals surface area contributed by atoms with Crippen molar-refractivity contribution in [2.45, 2.75) is 38.6 Å². The Hall–Kier alpha value is -1.26. The van der Waals surface area contributed by atoms with Crippen LogP contribution in [0.2, 0.25) is 0 Å². The van der Waals surface area contributed by atoms with Crippen molar-refractivity contribution in [2.24, 2.45) is 17.6 Å². The van der Waals surface area contributed by atoms with Crippen LogP contribution in [0.4, 0.5) is 0 Å². The van der Waals surface area contributed by atoms with E-state index in [9.17, 15) is 4.79 Å². The van der Waals surface area contributed by atoms with E-state index in [1.165, 1.54) is 0 Å². The van der Waals surface area contributed by atoms with Crippen molar-refractivity contribution < 1.29 is 9.53 Å². The zero-order valence-corrected chi connectivity index (χ0v) is 14.0. The second kappa shape index (κ2) is 9.70. The Labute approximate surface area is 139 Å². The fraction of sp³-hybridized carbons (Fsp3) is 0.588. The normalized spacial score (nSPS) is 21.7. The molecule has 0 aliphatic heterocycles. The highest BCUT2D eigenvalue weighted by molar-refractivity contribution is 5.85. The first-order valence-corrected chi connectivity index (χ1v) is 7.89. The van der Waals surface area contributed by atoms with E-state index in [4.69, 9.17) is 10.5 Å². The molecule has 22 heavy (non-hydrogen) atoms. The molecule has 0 spiro atoms. The van der Waals surface area contributed by atoms with Gasteiger partial charge < -0.3 is 15.8 Å². The molecule has 4 nitrogen and oxygen atoms in total. The van der Waals surface area contributed by atoms with Crippen LogP contribution in [0, 0.1) is 11.8 Å². The number of amides is 1. The van der Waals surface area contributed by atoms with Crippen LogP contribution in [-0.2, 0) is 4.79 Å². The molecule has 0 saturated heterocycles. The van der Waals surface area contributed by atoms with Crippen molar-refractivity contribution in [1.29, 1.82) is 0 Å². The van der Waals surface area contributed by atoms with Gasteiger partial charge in [0.1, 0.15) is 5.75 Å². The van der Waals surface area contributed by atoms with Crippen LogP contribution in [0.15, 0.2) is 30.3 Å². The predicted molar refractivity (Wildman–Crippen MR) is 91.3 cm³/mol. The lowest BCUT2D eigenvalue weighted by Gasteiger charge is -2.21. The maximum atomic E-state index is 12.2. The van der Waals surface area contributed by atoms with E-state index >= 15 is 0 Å². The van der Waals surface area contributed by atoms with Crippen LogP contribution in [0.25, 0.3) is 0 Å². The molecule has 1 saturated carbocycles. The molecule has 124 valence electrons. The third-order valence-corrected chi connectivity index (χ3v) is 4.30. The second-order valence-corrected chi connectivity index (χ2v) is 5.89. The van der Waals surface area contributed by atoms with Gasteiger partial charge in [-0.25, -0.2) is 0 Å². The summed E-state index contributed by atoms with van der Waals surface area (Å²) in [7, 11) is 0. The molecular weight excluding hydrogens is 300 g/mol. The number of ether oxygens (including phenoxy) is 1. The fourth-order valence-corrected chi connectivity index (χ4v) is 2.84. The monoisotopic (exact) mass is 326 g/mol. The number of nitrogens with one attached hydrogen (secondary N) is 1. The fourth-order valence-electron chi connectivity index (χ4n) is 2.84. The summed E-state index contributed by atoms with van der Waals surface area (Å²) in [5.41, 5.74) is 5.75. The lowest BCUT2D eigenvalue weighted by molar-refractivity contribution is -0.125. The van der Waals surface area contributed by atoms with Gasteiger partial charge in [-0.15, -0.1) is 12.4 Å². The quantitative estimate of drug-likeness (QED) is 0.809. The molecule has 0 heterocycles. The molecule has 3 N–H and O–H groups in total. The molecule has 1 aliphatic carbocycles. The van der Waals surface area contributed by atoms with E-state index in [-0.39, 0.29) is 30.3 Å². The maximum absolute atomic E-state index is 12.2. The largest absolute Gasteiger partial charge is 0.494 e. The van der Waals surface area contributed by atoms with Crippen molar-refractivity contribution >= 4 is 18.3 Å². The summed E-state index contributed by atoms with van der Waals surface area (Å²) in [6.07, 6.45) is 4.08. The van der Waals surface area contributed by atoms with Gasteiger partial charge in [0.05, 0.1) is 6.61 Å². The summed E-state index contributed by atoms with van der Waals surface area (Å²) in [5.74, 6) is 1.38. The van der Waals surface area contributed by atoms with Gasteiger partial charge in [0.25, 0.3) is 0 Å². The topological polar surface area (TPSA) is 64.3 Å². The number of rotatable bonds is 7. The summed E-state index contributed by atoms with van der Waals surface area (Å²) in [5, 5.41) is 3.15. The van der Waals surface area contributed by atoms with Gasteiger partial charge in [0.2, 0.25) is 5.91 Å². The Morgan fingerprint density at radius 1 is 1.36 bits per heavy atom. The Bertz CT molecular complexity index is 442. The molecule has 1 amide bonds. The van der Waals surface area contributed by atoms with Crippen molar-refractivity contribution in [2.75, 3.05) is 13.2 Å². The van der Waals surface area contributed by atoms with Crippen molar-refractivity contribution in [3.8, 4) is 5.75 Å². The van der Waals surface area contributed by atoms with Crippen molar-refractivity contribution in [3.05, 3.63) is 30.3 Å². The lowest BCUT2D eigenvalue weighted by Crippen LogP contribution is -2.42. The number of halogens is 1. The predicted octanol–water partition coefficient (Wildman–Crippen LogP) is 2.76. The van der Waals surface area contributed by atoms with E-state index in [1.54, 1.807) is 0 Å². The molecule has 2 rings (SSSR count). The number of hydrogen-bond acceptors (Lipinski definition) is 3. The molecule has 0 radical (unpaired) electrons. The van der Waals surface area contributed by atoms with Gasteiger partial charge in [-0.1, -0.05) is 31.5 Å². The first-order chi connectivity index (χ1) is 10.2. The number of benzene rings is 1. The molecule has 0 aromatic heterocycles. The average molecular weight is 327 g/mol. The lowest BCUT2D eigenvalue weighted by atomic mass is 10.0. The molecular formula is C17H27ClN2O2. The van der Waals surface area contributed by atoms with E-state index in [1.807, 2.05) is 37.3 Å². The summed E-state index contributed by atoms with van der Waals surface area (Å²) in [6, 6.07) is 9.96. The zero-order valence-electron chi connectivity index (χ0n) is 13.2. The highest BCUT2D eigenvalue weighted by atomic mass is 35.5. The minimum atomic E-state index is -0.0345. The van der Waals surface area contributed by atoms with Crippen molar-refractivity contribution in [3.63, 3.8) is 0 Å². The molecule has 1 aliphatic rings. The molecule has 5 heteroatoms. The summed E-state index contributed by atoms with van der Waals surface area (Å²) in [6.45, 7) is 3.18. The zero-order chi connectivity index (χ0) is 15.1. The maximum Gasteiger partial charge on any atom is 0.223 e. The Kier molecular flexibility index (Phi) is 8.28. The minimum Gasteiger partial charge on any atom is -0.494 e. The highest BCUT2D eigenvalue weighted by Crippen LogP contribution is 2.25. The molecule has 1 aromatic rings. The van der Waals surface area contributed by atoms with Crippen LogP contribution < -0.4 is 15.8 Å². The molecule has 1 fully saturated rings. The SMILES string of the molecule is CC(CCOc1ccccc1)C(=O)NC1CCCC1CN.Cl. The highest BCUT2D eigenvalue weighted by Gasteiger charge is 2.28. The van der Waals surface area contributed by atoms with Crippen LogP contribution in [0.3, 0.4) is 0 Å². The number of para-hydroxylation sites is 1. The van der Waals surface area contributed by atoms with E-state index in [2.05, 4.69) is 5.32 Å². The Morgan fingerprint density at radius 2 is 2.09 bits per heavy atom. The Morgan fingerprint density at radius 3 is 2.77 bits per heavy atom. The van der Waals surface area contributed by atoms with Gasteiger partial charge in [0, 0.05) is 12.0 Å². The number of hydrogen-bond donors (Lipinski definition) is 2. The summed E-state index contributed by atoms with van der Waals surface area (Å²) < 4.78 is 5.64. The van der Waals surface area contributed by atoms with E-state index in [0.29, 0.717) is 19.1 Å². The first kappa shape index (κ1) is 18.8. The van der Waals surface area contributed by atoms with Gasteiger partial charge in [0.15, 0.2) is 0 Å². The summed E-state index contributed by atoms with van der Waals surface area (Å²) >= 11 is 0. The van der Waals surface area contributed by atoms with Crippen LogP contribution >= 0.6 is 12.4 Å². The third kappa shape index (κ3) is 5.50.